The number of carboxylic acid groups (broad SMARTS) is 1. The molecule has 8 atom stereocenters. The summed E-state index contributed by atoms with van der Waals surface area (Å²) in [5.41, 5.74) is -1.04. The van der Waals surface area contributed by atoms with Crippen molar-refractivity contribution < 1.29 is 49.3 Å². The van der Waals surface area contributed by atoms with Crippen molar-refractivity contribution in [2.75, 3.05) is 13.2 Å². The lowest BCUT2D eigenvalue weighted by Gasteiger charge is -2.43. The first kappa shape index (κ1) is 30.7. The molecule has 2 aliphatic heterocycles. The van der Waals surface area contributed by atoms with E-state index in [4.69, 9.17) is 19.3 Å². The Labute approximate surface area is 213 Å². The molecular formula is C26H44O10. The van der Waals surface area contributed by atoms with E-state index in [-0.39, 0.29) is 44.0 Å². The second kappa shape index (κ2) is 14.4. The first-order valence-electron chi connectivity index (χ1n) is 13.0. The fraction of sp³-hybridized carbons (Fsp3) is 0.846. The van der Waals surface area contributed by atoms with Gasteiger partial charge < -0.3 is 39.7 Å². The molecule has 208 valence electrons. The maximum absolute atomic E-state index is 12.1. The minimum Gasteiger partial charge on any atom is -0.481 e. The van der Waals surface area contributed by atoms with Crippen LogP contribution in [0, 0.1) is 5.92 Å². The third kappa shape index (κ3) is 9.72. The van der Waals surface area contributed by atoms with Gasteiger partial charge in [0.25, 0.3) is 0 Å². The highest BCUT2D eigenvalue weighted by molar-refractivity contribution is 5.82. The van der Waals surface area contributed by atoms with Gasteiger partial charge in [0.2, 0.25) is 0 Å². The minimum absolute atomic E-state index is 0.0865. The molecule has 0 spiro atoms. The molecule has 10 heteroatoms. The molecule has 0 aromatic heterocycles. The van der Waals surface area contributed by atoms with E-state index < -0.39 is 42.0 Å². The molecule has 2 fully saturated rings. The van der Waals surface area contributed by atoms with Gasteiger partial charge >= 0.3 is 11.9 Å². The highest BCUT2D eigenvalue weighted by Gasteiger charge is 2.54. The van der Waals surface area contributed by atoms with Gasteiger partial charge in [-0.05, 0) is 33.1 Å². The molecule has 2 unspecified atom stereocenters. The summed E-state index contributed by atoms with van der Waals surface area (Å²) in [5, 5.41) is 50.4. The van der Waals surface area contributed by atoms with Crippen molar-refractivity contribution in [2.24, 2.45) is 5.92 Å². The molecule has 2 aliphatic rings. The van der Waals surface area contributed by atoms with Gasteiger partial charge in [-0.1, -0.05) is 38.2 Å². The lowest BCUT2D eigenvalue weighted by molar-refractivity contribution is -0.236. The van der Waals surface area contributed by atoms with E-state index >= 15 is 0 Å². The maximum atomic E-state index is 12.1. The average molecular weight is 517 g/mol. The summed E-state index contributed by atoms with van der Waals surface area (Å²) in [5.74, 6) is -1.37. The van der Waals surface area contributed by atoms with E-state index in [2.05, 4.69) is 0 Å². The van der Waals surface area contributed by atoms with Crippen LogP contribution in [0.1, 0.15) is 78.6 Å². The standard InChI is InChI=1S/C26H44O10/c1-16(13-22(30)34-11-9-7-5-4-6-8-10-21(28)29)12-19-23(31)25(32)26(33,15-35-19)14-20-24(36-20)17(2)18(3)27/h13,17-20,23-25,27,31-33H,4-12,14-15H2,1-3H3,(H,28,29)/b16-13+/t17-,18-,19-,20?,23-,24?,25-,26+/m0/s1. The highest BCUT2D eigenvalue weighted by Crippen LogP contribution is 2.40. The van der Waals surface area contributed by atoms with Crippen molar-refractivity contribution in [3.05, 3.63) is 11.6 Å². The van der Waals surface area contributed by atoms with Gasteiger partial charge in [0, 0.05) is 24.8 Å². The SMILES string of the molecule is C/C(=C\C(=O)OCCCCCCCCC(=O)O)C[C@@H]1OC[C@](O)(CC2OC2[C@@H](C)[C@H](C)O)[C@@H](O)[C@H]1O. The van der Waals surface area contributed by atoms with Gasteiger partial charge in [0.1, 0.15) is 17.8 Å². The molecule has 5 N–H and O–H groups in total. The Morgan fingerprint density at radius 1 is 1.08 bits per heavy atom. The zero-order valence-corrected chi connectivity index (χ0v) is 21.7. The van der Waals surface area contributed by atoms with Gasteiger partial charge in [0.15, 0.2) is 0 Å². The number of hydrogen-bond acceptors (Lipinski definition) is 9. The van der Waals surface area contributed by atoms with Crippen LogP contribution in [0.5, 0.6) is 0 Å². The van der Waals surface area contributed by atoms with E-state index in [1.165, 1.54) is 6.08 Å². The number of rotatable bonds is 16. The number of carboxylic acids is 1. The monoisotopic (exact) mass is 516 g/mol. The fourth-order valence-corrected chi connectivity index (χ4v) is 4.60. The zero-order chi connectivity index (χ0) is 26.9. The summed E-state index contributed by atoms with van der Waals surface area (Å²) in [6.45, 7) is 5.35. The van der Waals surface area contributed by atoms with E-state index in [1.807, 2.05) is 6.92 Å². The molecule has 0 amide bonds. The number of ether oxygens (including phenoxy) is 3. The third-order valence-electron chi connectivity index (χ3n) is 7.17. The van der Waals surface area contributed by atoms with Gasteiger partial charge in [-0.3, -0.25) is 4.79 Å². The number of aliphatic hydroxyl groups excluding tert-OH is 3. The van der Waals surface area contributed by atoms with E-state index in [0.717, 1.165) is 32.1 Å². The summed E-state index contributed by atoms with van der Waals surface area (Å²) in [6.07, 6.45) is 2.29. The Morgan fingerprint density at radius 2 is 1.72 bits per heavy atom. The number of carbonyl (C=O) groups excluding carboxylic acids is 1. The largest absolute Gasteiger partial charge is 0.481 e. The minimum atomic E-state index is -1.67. The predicted octanol–water partition coefficient (Wildman–Crippen LogP) is 1.71. The van der Waals surface area contributed by atoms with Gasteiger partial charge in [-0.15, -0.1) is 0 Å². The predicted molar refractivity (Wildman–Crippen MR) is 130 cm³/mol. The Morgan fingerprint density at radius 3 is 2.36 bits per heavy atom. The van der Waals surface area contributed by atoms with Crippen LogP contribution >= 0.6 is 0 Å². The quantitative estimate of drug-likeness (QED) is 0.0882. The molecule has 36 heavy (non-hydrogen) atoms. The second-order valence-electron chi connectivity index (χ2n) is 10.5. The molecule has 0 aromatic carbocycles. The maximum Gasteiger partial charge on any atom is 0.330 e. The molecule has 2 saturated heterocycles. The smallest absolute Gasteiger partial charge is 0.330 e. The first-order valence-corrected chi connectivity index (χ1v) is 13.0. The highest BCUT2D eigenvalue weighted by atomic mass is 16.6. The van der Waals surface area contributed by atoms with Gasteiger partial charge in [-0.25, -0.2) is 4.79 Å². The molecular weight excluding hydrogens is 472 g/mol. The number of unbranched alkanes of at least 4 members (excludes halogenated alkanes) is 5. The van der Waals surface area contributed by atoms with Crippen LogP contribution in [0.15, 0.2) is 11.6 Å². The van der Waals surface area contributed by atoms with Crippen LogP contribution in [0.4, 0.5) is 0 Å². The second-order valence-corrected chi connectivity index (χ2v) is 10.5. The Balaban J connectivity index is 1.67. The number of aliphatic hydroxyl groups is 4. The Hall–Kier alpha value is -1.56. The van der Waals surface area contributed by atoms with Crippen LogP contribution < -0.4 is 0 Å². The number of hydrogen-bond donors (Lipinski definition) is 5. The number of epoxide rings is 1. The molecule has 0 radical (unpaired) electrons. The number of esters is 1. The molecule has 0 bridgehead atoms. The van der Waals surface area contributed by atoms with E-state index in [1.54, 1.807) is 13.8 Å². The normalized spacial score (nSPS) is 32.1. The molecule has 0 saturated carbocycles. The summed E-state index contributed by atoms with van der Waals surface area (Å²) < 4.78 is 16.5. The van der Waals surface area contributed by atoms with Gasteiger partial charge in [-0.2, -0.15) is 0 Å². The van der Waals surface area contributed by atoms with Crippen LogP contribution in [0.2, 0.25) is 0 Å². The Kier molecular flexibility index (Phi) is 12.3. The van der Waals surface area contributed by atoms with Crippen LogP contribution in [-0.2, 0) is 23.8 Å². The lowest BCUT2D eigenvalue weighted by Crippen LogP contribution is -2.61. The van der Waals surface area contributed by atoms with Crippen molar-refractivity contribution in [3.63, 3.8) is 0 Å². The topological polar surface area (TPSA) is 166 Å². The summed E-state index contributed by atoms with van der Waals surface area (Å²) in [7, 11) is 0. The summed E-state index contributed by atoms with van der Waals surface area (Å²) >= 11 is 0. The zero-order valence-electron chi connectivity index (χ0n) is 21.7. The van der Waals surface area contributed by atoms with Crippen molar-refractivity contribution in [1.29, 1.82) is 0 Å². The van der Waals surface area contributed by atoms with Crippen molar-refractivity contribution in [2.45, 2.75) is 121 Å². The Bertz CT molecular complexity index is 738. The van der Waals surface area contributed by atoms with Crippen molar-refractivity contribution in [3.8, 4) is 0 Å². The number of carbonyl (C=O) groups is 2. The molecule has 2 heterocycles. The fourth-order valence-electron chi connectivity index (χ4n) is 4.60. The molecule has 0 aromatic rings. The number of aliphatic carboxylic acids is 1. The molecule has 0 aliphatic carbocycles. The van der Waals surface area contributed by atoms with Crippen molar-refractivity contribution in [1.82, 2.24) is 0 Å². The van der Waals surface area contributed by atoms with Crippen LogP contribution in [0.3, 0.4) is 0 Å². The van der Waals surface area contributed by atoms with E-state index in [9.17, 15) is 30.0 Å². The molecule has 10 nitrogen and oxygen atoms in total. The van der Waals surface area contributed by atoms with Crippen molar-refractivity contribution >= 4 is 11.9 Å². The third-order valence-corrected chi connectivity index (χ3v) is 7.17. The average Bonchev–Trinajstić information content (AvgIpc) is 3.56. The van der Waals surface area contributed by atoms with Gasteiger partial charge in [0.05, 0.1) is 37.6 Å². The lowest BCUT2D eigenvalue weighted by atomic mass is 9.82. The van der Waals surface area contributed by atoms with E-state index in [0.29, 0.717) is 18.6 Å². The summed E-state index contributed by atoms with van der Waals surface area (Å²) in [6, 6.07) is 0. The van der Waals surface area contributed by atoms with Crippen LogP contribution in [0.25, 0.3) is 0 Å². The first-order chi connectivity index (χ1) is 16.9. The summed E-state index contributed by atoms with van der Waals surface area (Å²) in [4.78, 5) is 22.5. The van der Waals surface area contributed by atoms with Crippen LogP contribution in [-0.4, -0.2) is 92.9 Å². The molecule has 2 rings (SSSR count).